The first-order valence-electron chi connectivity index (χ1n) is 8.00. The Labute approximate surface area is 145 Å². The monoisotopic (exact) mass is 352 g/mol. The number of carbonyl (C=O) groups excluding carboxylic acids is 1. The zero-order valence-corrected chi connectivity index (χ0v) is 14.8. The fraction of sp³-hybridized carbons (Fsp3) is 0.529. The molecule has 1 fully saturated rings. The van der Waals surface area contributed by atoms with E-state index >= 15 is 0 Å². The summed E-state index contributed by atoms with van der Waals surface area (Å²) in [6.45, 7) is 2.30. The van der Waals surface area contributed by atoms with Crippen LogP contribution in [0.3, 0.4) is 0 Å². The van der Waals surface area contributed by atoms with Gasteiger partial charge in [0.05, 0.1) is 15.2 Å². The van der Waals surface area contributed by atoms with Gasteiger partial charge in [-0.3, -0.25) is 4.79 Å². The Morgan fingerprint density at radius 1 is 1.43 bits per heavy atom. The summed E-state index contributed by atoms with van der Waals surface area (Å²) >= 11 is 7.78. The lowest BCUT2D eigenvalue weighted by molar-refractivity contribution is -0.132. The number of rotatable bonds is 5. The van der Waals surface area contributed by atoms with Gasteiger partial charge in [0, 0.05) is 44.2 Å². The fourth-order valence-electron chi connectivity index (χ4n) is 2.99. The zero-order valence-electron chi connectivity index (χ0n) is 13.3. The van der Waals surface area contributed by atoms with Crippen LogP contribution in [0.25, 0.3) is 10.2 Å². The summed E-state index contributed by atoms with van der Waals surface area (Å²) < 4.78 is 6.19. The highest BCUT2D eigenvalue weighted by molar-refractivity contribution is 7.18. The molecule has 1 aromatic heterocycles. The Kier molecular flexibility index (Phi) is 5.51. The second-order valence-electron chi connectivity index (χ2n) is 5.92. The number of amides is 1. The van der Waals surface area contributed by atoms with Gasteiger partial charge in [-0.1, -0.05) is 11.6 Å². The number of halogens is 1. The highest BCUT2D eigenvalue weighted by Gasteiger charge is 2.25. The third kappa shape index (κ3) is 4.03. The quantitative estimate of drug-likeness (QED) is 0.761. The molecule has 0 atom stereocenters. The molecule has 1 aliphatic rings. The summed E-state index contributed by atoms with van der Waals surface area (Å²) in [5.41, 5.74) is 0.982. The molecule has 124 valence electrons. The van der Waals surface area contributed by atoms with Crippen LogP contribution in [0.5, 0.6) is 0 Å². The van der Waals surface area contributed by atoms with E-state index in [1.807, 2.05) is 23.1 Å². The molecule has 0 N–H and O–H groups in total. The van der Waals surface area contributed by atoms with Gasteiger partial charge in [-0.05, 0) is 37.5 Å². The number of benzene rings is 1. The van der Waals surface area contributed by atoms with Crippen LogP contribution in [-0.2, 0) is 9.53 Å². The summed E-state index contributed by atoms with van der Waals surface area (Å²) in [7, 11) is 1.67. The molecule has 1 aromatic carbocycles. The molecule has 23 heavy (non-hydrogen) atoms. The lowest BCUT2D eigenvalue weighted by Crippen LogP contribution is -2.37. The first-order valence-corrected chi connectivity index (χ1v) is 9.19. The number of likely N-dealkylation sites (tertiary alicyclic amines) is 1. The molecule has 4 nitrogen and oxygen atoms in total. The number of nitrogens with zero attached hydrogens (tertiary/aromatic N) is 2. The molecule has 1 saturated heterocycles. The van der Waals surface area contributed by atoms with E-state index in [1.165, 1.54) is 9.71 Å². The number of hydrogen-bond acceptors (Lipinski definition) is 4. The van der Waals surface area contributed by atoms with E-state index in [9.17, 15) is 4.79 Å². The summed E-state index contributed by atoms with van der Waals surface area (Å²) in [6, 6.07) is 5.87. The van der Waals surface area contributed by atoms with E-state index in [2.05, 4.69) is 0 Å². The maximum Gasteiger partial charge on any atom is 0.222 e. The van der Waals surface area contributed by atoms with Crippen molar-refractivity contribution in [1.29, 1.82) is 0 Å². The van der Waals surface area contributed by atoms with E-state index in [-0.39, 0.29) is 5.91 Å². The maximum atomic E-state index is 12.1. The molecule has 2 aromatic rings. The first-order chi connectivity index (χ1) is 11.2. The van der Waals surface area contributed by atoms with Gasteiger partial charge in [0.2, 0.25) is 5.91 Å². The van der Waals surface area contributed by atoms with Crippen molar-refractivity contribution < 1.29 is 9.53 Å². The van der Waals surface area contributed by atoms with Crippen molar-refractivity contribution in [3.8, 4) is 0 Å². The third-order valence-corrected chi connectivity index (χ3v) is 5.74. The van der Waals surface area contributed by atoms with E-state index in [0.717, 1.165) is 42.9 Å². The summed E-state index contributed by atoms with van der Waals surface area (Å²) in [5, 5.41) is 1.90. The molecule has 2 heterocycles. The van der Waals surface area contributed by atoms with Gasteiger partial charge in [0.15, 0.2) is 0 Å². The minimum absolute atomic E-state index is 0.247. The van der Waals surface area contributed by atoms with Crippen molar-refractivity contribution in [2.24, 2.45) is 0 Å². The Hall–Kier alpha value is -1.17. The van der Waals surface area contributed by atoms with Crippen molar-refractivity contribution in [3.05, 3.63) is 28.2 Å². The zero-order chi connectivity index (χ0) is 16.2. The molecule has 0 radical (unpaired) electrons. The van der Waals surface area contributed by atoms with Crippen molar-refractivity contribution in [3.63, 3.8) is 0 Å². The van der Waals surface area contributed by atoms with Gasteiger partial charge in [0.1, 0.15) is 0 Å². The van der Waals surface area contributed by atoms with Crippen molar-refractivity contribution >= 4 is 39.1 Å². The molecule has 0 aliphatic carbocycles. The predicted octanol–water partition coefficient (Wildman–Crippen LogP) is 4.08. The Balaban J connectivity index is 1.58. The third-order valence-electron chi connectivity index (χ3n) is 4.30. The minimum atomic E-state index is 0.247. The molecule has 1 amide bonds. The minimum Gasteiger partial charge on any atom is -0.385 e. The van der Waals surface area contributed by atoms with Crippen molar-refractivity contribution in [2.45, 2.75) is 31.6 Å². The highest BCUT2D eigenvalue weighted by Crippen LogP contribution is 2.34. The number of aromatic nitrogens is 1. The van der Waals surface area contributed by atoms with E-state index < -0.39 is 0 Å². The highest BCUT2D eigenvalue weighted by atomic mass is 35.5. The fourth-order valence-corrected chi connectivity index (χ4v) is 4.28. The first kappa shape index (κ1) is 16.7. The number of piperidine rings is 1. The second-order valence-corrected chi connectivity index (χ2v) is 7.41. The molecular formula is C17H21ClN2O2S. The van der Waals surface area contributed by atoms with Crippen LogP contribution >= 0.6 is 22.9 Å². The van der Waals surface area contributed by atoms with Gasteiger partial charge >= 0.3 is 0 Å². The van der Waals surface area contributed by atoms with Gasteiger partial charge in [-0.2, -0.15) is 0 Å². The van der Waals surface area contributed by atoms with E-state index in [1.54, 1.807) is 18.4 Å². The molecular weight excluding hydrogens is 332 g/mol. The van der Waals surface area contributed by atoms with Crippen LogP contribution in [0, 0.1) is 0 Å². The van der Waals surface area contributed by atoms with Gasteiger partial charge in [0.25, 0.3) is 0 Å². The maximum absolute atomic E-state index is 12.1. The SMILES string of the molecule is COCCCC(=O)N1CCC(c2nc3cc(Cl)ccc3s2)CC1. The van der Waals surface area contributed by atoms with Crippen molar-refractivity contribution in [1.82, 2.24) is 9.88 Å². The average molecular weight is 353 g/mol. The van der Waals surface area contributed by atoms with Crippen LogP contribution < -0.4 is 0 Å². The number of methoxy groups -OCH3 is 1. The predicted molar refractivity (Wildman–Crippen MR) is 94.3 cm³/mol. The summed E-state index contributed by atoms with van der Waals surface area (Å²) in [4.78, 5) is 18.9. The van der Waals surface area contributed by atoms with E-state index in [0.29, 0.717) is 18.9 Å². The van der Waals surface area contributed by atoms with Gasteiger partial charge in [-0.25, -0.2) is 4.98 Å². The molecule has 0 unspecified atom stereocenters. The number of carbonyl (C=O) groups is 1. The standard InChI is InChI=1S/C17H21ClN2O2S/c1-22-10-2-3-16(21)20-8-6-12(7-9-20)17-19-14-11-13(18)4-5-15(14)23-17/h4-5,11-12H,2-3,6-10H2,1H3. The van der Waals surface area contributed by atoms with Crippen LogP contribution in [-0.4, -0.2) is 42.6 Å². The van der Waals surface area contributed by atoms with Crippen LogP contribution in [0.15, 0.2) is 18.2 Å². The second kappa shape index (κ2) is 7.60. The molecule has 6 heteroatoms. The Morgan fingerprint density at radius 3 is 2.96 bits per heavy atom. The molecule has 0 spiro atoms. The molecule has 0 bridgehead atoms. The largest absolute Gasteiger partial charge is 0.385 e. The summed E-state index contributed by atoms with van der Waals surface area (Å²) in [6.07, 6.45) is 3.36. The number of hydrogen-bond donors (Lipinski definition) is 0. The molecule has 1 aliphatic heterocycles. The smallest absolute Gasteiger partial charge is 0.222 e. The number of ether oxygens (including phenoxy) is 1. The van der Waals surface area contributed by atoms with Gasteiger partial charge < -0.3 is 9.64 Å². The molecule has 0 saturated carbocycles. The topological polar surface area (TPSA) is 42.4 Å². The summed E-state index contributed by atoms with van der Waals surface area (Å²) in [5.74, 6) is 0.700. The number of thiazole rings is 1. The van der Waals surface area contributed by atoms with Crippen LogP contribution in [0.4, 0.5) is 0 Å². The van der Waals surface area contributed by atoms with E-state index in [4.69, 9.17) is 21.3 Å². The lowest BCUT2D eigenvalue weighted by Gasteiger charge is -2.31. The molecule has 3 rings (SSSR count). The average Bonchev–Trinajstić information content (AvgIpc) is 2.98. The van der Waals surface area contributed by atoms with Gasteiger partial charge in [-0.15, -0.1) is 11.3 Å². The van der Waals surface area contributed by atoms with Crippen LogP contribution in [0.2, 0.25) is 5.02 Å². The van der Waals surface area contributed by atoms with Crippen LogP contribution in [0.1, 0.15) is 36.6 Å². The normalized spacial score (nSPS) is 16.2. The lowest BCUT2D eigenvalue weighted by atomic mass is 9.97. The Morgan fingerprint density at radius 2 is 2.22 bits per heavy atom. The Bertz CT molecular complexity index is 680. The number of fused-ring (bicyclic) bond motifs is 1. The van der Waals surface area contributed by atoms with Crippen molar-refractivity contribution in [2.75, 3.05) is 26.8 Å².